The summed E-state index contributed by atoms with van der Waals surface area (Å²) >= 11 is 1.62. The van der Waals surface area contributed by atoms with E-state index in [1.165, 1.54) is 25.3 Å². The maximum Gasteiger partial charge on any atom is 0.124 e. The molecule has 2 saturated carbocycles. The number of benzene rings is 1. The maximum atomic E-state index is 13.2. The van der Waals surface area contributed by atoms with Crippen LogP contribution < -0.4 is 5.73 Å². The number of nitrogens with two attached hydrogens (primary N) is 1. The summed E-state index contributed by atoms with van der Waals surface area (Å²) in [6.07, 6.45) is 3.82. The average molecular weight is 262 g/mol. The molecule has 4 unspecified atom stereocenters. The molecule has 0 saturated heterocycles. The van der Waals surface area contributed by atoms with Crippen molar-refractivity contribution in [2.24, 2.45) is 17.6 Å². The van der Waals surface area contributed by atoms with Gasteiger partial charge in [0.05, 0.1) is 15.2 Å². The van der Waals surface area contributed by atoms with Crippen LogP contribution >= 0.6 is 11.3 Å². The SMILES string of the molecule is NC1C2CCC(C2)C1c1nc2ccc(F)cc2s1. The summed E-state index contributed by atoms with van der Waals surface area (Å²) in [5.41, 5.74) is 7.25. The summed E-state index contributed by atoms with van der Waals surface area (Å²) in [7, 11) is 0. The second-order valence-electron chi connectivity index (χ2n) is 5.60. The molecule has 1 heterocycles. The van der Waals surface area contributed by atoms with Crippen molar-refractivity contribution in [1.82, 2.24) is 4.98 Å². The van der Waals surface area contributed by atoms with E-state index < -0.39 is 0 Å². The van der Waals surface area contributed by atoms with Crippen LogP contribution in [0.15, 0.2) is 18.2 Å². The molecule has 2 aromatic rings. The van der Waals surface area contributed by atoms with Crippen LogP contribution in [-0.4, -0.2) is 11.0 Å². The molecule has 2 fully saturated rings. The van der Waals surface area contributed by atoms with E-state index in [9.17, 15) is 4.39 Å². The lowest BCUT2D eigenvalue weighted by Gasteiger charge is -2.26. The maximum absolute atomic E-state index is 13.2. The third kappa shape index (κ3) is 1.45. The Morgan fingerprint density at radius 2 is 2.11 bits per heavy atom. The first kappa shape index (κ1) is 10.9. The summed E-state index contributed by atoms with van der Waals surface area (Å²) < 4.78 is 14.1. The van der Waals surface area contributed by atoms with Gasteiger partial charge in [0.2, 0.25) is 0 Å². The van der Waals surface area contributed by atoms with Crippen molar-refractivity contribution in [2.45, 2.75) is 31.2 Å². The molecule has 1 aromatic heterocycles. The van der Waals surface area contributed by atoms with Gasteiger partial charge < -0.3 is 5.73 Å². The highest BCUT2D eigenvalue weighted by Gasteiger charge is 2.47. The monoisotopic (exact) mass is 262 g/mol. The van der Waals surface area contributed by atoms with Crippen molar-refractivity contribution in [3.8, 4) is 0 Å². The molecule has 2 aliphatic rings. The lowest BCUT2D eigenvalue weighted by Crippen LogP contribution is -2.33. The second kappa shape index (κ2) is 3.75. The third-order valence-electron chi connectivity index (χ3n) is 4.63. The van der Waals surface area contributed by atoms with Crippen LogP contribution in [0.1, 0.15) is 30.2 Å². The van der Waals surface area contributed by atoms with Crippen molar-refractivity contribution in [3.63, 3.8) is 0 Å². The topological polar surface area (TPSA) is 38.9 Å². The smallest absolute Gasteiger partial charge is 0.124 e. The Morgan fingerprint density at radius 3 is 2.89 bits per heavy atom. The van der Waals surface area contributed by atoms with Crippen LogP contribution in [-0.2, 0) is 0 Å². The van der Waals surface area contributed by atoms with Gasteiger partial charge in [0, 0.05) is 12.0 Å². The predicted octanol–water partition coefficient (Wildman–Crippen LogP) is 3.28. The highest BCUT2D eigenvalue weighted by atomic mass is 32.1. The van der Waals surface area contributed by atoms with Gasteiger partial charge in [-0.1, -0.05) is 0 Å². The minimum Gasteiger partial charge on any atom is -0.327 e. The fraction of sp³-hybridized carbons (Fsp3) is 0.500. The predicted molar refractivity (Wildman–Crippen MR) is 71.1 cm³/mol. The molecule has 4 rings (SSSR count). The number of thiazole rings is 1. The number of hydrogen-bond acceptors (Lipinski definition) is 3. The molecule has 2 aliphatic carbocycles. The number of hydrogen-bond donors (Lipinski definition) is 1. The highest BCUT2D eigenvalue weighted by molar-refractivity contribution is 7.18. The molecule has 18 heavy (non-hydrogen) atoms. The zero-order valence-corrected chi connectivity index (χ0v) is 10.8. The third-order valence-corrected chi connectivity index (χ3v) is 5.75. The Morgan fingerprint density at radius 1 is 1.28 bits per heavy atom. The zero-order valence-electron chi connectivity index (χ0n) is 9.97. The second-order valence-corrected chi connectivity index (χ2v) is 6.66. The van der Waals surface area contributed by atoms with Gasteiger partial charge in [0.25, 0.3) is 0 Å². The first-order valence-electron chi connectivity index (χ1n) is 6.54. The van der Waals surface area contributed by atoms with Crippen LogP contribution in [0.2, 0.25) is 0 Å². The van der Waals surface area contributed by atoms with Gasteiger partial charge in [-0.3, -0.25) is 0 Å². The first-order valence-corrected chi connectivity index (χ1v) is 7.35. The zero-order chi connectivity index (χ0) is 12.3. The van der Waals surface area contributed by atoms with Gasteiger partial charge >= 0.3 is 0 Å². The molecular formula is C14H15FN2S. The minimum atomic E-state index is -0.185. The average Bonchev–Trinajstić information content (AvgIpc) is 3.00. The van der Waals surface area contributed by atoms with Crippen LogP contribution in [0.25, 0.3) is 10.2 Å². The molecule has 2 N–H and O–H groups in total. The van der Waals surface area contributed by atoms with E-state index >= 15 is 0 Å². The van der Waals surface area contributed by atoms with Crippen molar-refractivity contribution < 1.29 is 4.39 Å². The number of rotatable bonds is 1. The van der Waals surface area contributed by atoms with Crippen molar-refractivity contribution in [2.75, 3.05) is 0 Å². The Hall–Kier alpha value is -1.000. The molecule has 4 atom stereocenters. The molecule has 0 amide bonds. The van der Waals surface area contributed by atoms with Gasteiger partial charge in [-0.15, -0.1) is 11.3 Å². The van der Waals surface area contributed by atoms with Crippen LogP contribution in [0.5, 0.6) is 0 Å². The summed E-state index contributed by atoms with van der Waals surface area (Å²) in [6.45, 7) is 0. The molecule has 2 nitrogen and oxygen atoms in total. The van der Waals surface area contributed by atoms with Gasteiger partial charge in [-0.2, -0.15) is 0 Å². The highest BCUT2D eigenvalue weighted by Crippen LogP contribution is 2.53. The van der Waals surface area contributed by atoms with Crippen molar-refractivity contribution in [3.05, 3.63) is 29.0 Å². The normalized spacial score (nSPS) is 34.6. The first-order chi connectivity index (χ1) is 8.72. The van der Waals surface area contributed by atoms with E-state index in [4.69, 9.17) is 5.73 Å². The Balaban J connectivity index is 1.78. The molecule has 1 aromatic carbocycles. The summed E-state index contributed by atoms with van der Waals surface area (Å²) in [6, 6.07) is 5.08. The van der Waals surface area contributed by atoms with Gasteiger partial charge in [-0.25, -0.2) is 9.37 Å². The summed E-state index contributed by atoms with van der Waals surface area (Å²) in [5.74, 6) is 1.61. The standard InChI is InChI=1S/C14H15FN2S/c15-9-3-4-10-11(6-9)18-14(17-10)12-7-1-2-8(5-7)13(12)16/h3-4,6-8,12-13H,1-2,5,16H2. The van der Waals surface area contributed by atoms with Crippen LogP contribution in [0, 0.1) is 17.7 Å². The summed E-state index contributed by atoms with van der Waals surface area (Å²) in [4.78, 5) is 4.68. The largest absolute Gasteiger partial charge is 0.327 e. The molecular weight excluding hydrogens is 247 g/mol. The number of halogens is 1. The fourth-order valence-electron chi connectivity index (χ4n) is 3.76. The lowest BCUT2D eigenvalue weighted by molar-refractivity contribution is 0.365. The molecule has 4 heteroatoms. The fourth-order valence-corrected chi connectivity index (χ4v) is 5.01. The number of nitrogens with zero attached hydrogens (tertiary/aromatic N) is 1. The Labute approximate surface area is 109 Å². The van der Waals surface area contributed by atoms with E-state index in [0.717, 1.165) is 15.2 Å². The quantitative estimate of drug-likeness (QED) is 0.856. The van der Waals surface area contributed by atoms with E-state index in [0.29, 0.717) is 17.8 Å². The van der Waals surface area contributed by atoms with E-state index in [-0.39, 0.29) is 11.9 Å². The van der Waals surface area contributed by atoms with Gasteiger partial charge in [0.1, 0.15) is 5.82 Å². The Bertz CT molecular complexity index is 607. The molecule has 0 aliphatic heterocycles. The van der Waals surface area contributed by atoms with Gasteiger partial charge in [0.15, 0.2) is 0 Å². The molecule has 0 radical (unpaired) electrons. The van der Waals surface area contributed by atoms with Gasteiger partial charge in [-0.05, 0) is 49.3 Å². The van der Waals surface area contributed by atoms with Crippen LogP contribution in [0.3, 0.4) is 0 Å². The number of fused-ring (bicyclic) bond motifs is 3. The van der Waals surface area contributed by atoms with Crippen molar-refractivity contribution in [1.29, 1.82) is 0 Å². The Kier molecular flexibility index (Phi) is 2.26. The molecule has 2 bridgehead atoms. The lowest BCUT2D eigenvalue weighted by atomic mass is 9.85. The van der Waals surface area contributed by atoms with E-state index in [2.05, 4.69) is 4.98 Å². The molecule has 94 valence electrons. The summed E-state index contributed by atoms with van der Waals surface area (Å²) in [5, 5.41) is 1.12. The van der Waals surface area contributed by atoms with E-state index in [1.54, 1.807) is 23.5 Å². The minimum absolute atomic E-state index is 0.185. The molecule has 0 spiro atoms. The van der Waals surface area contributed by atoms with E-state index in [1.807, 2.05) is 0 Å². The van der Waals surface area contributed by atoms with Crippen molar-refractivity contribution >= 4 is 21.6 Å². The number of aromatic nitrogens is 1. The van der Waals surface area contributed by atoms with Crippen LogP contribution in [0.4, 0.5) is 4.39 Å².